The van der Waals surface area contributed by atoms with Gasteiger partial charge in [0.05, 0.1) is 5.71 Å². The fraction of sp³-hybridized carbons (Fsp3) is 0.133. The number of hydrogen-bond acceptors (Lipinski definition) is 4. The molecule has 0 spiro atoms. The van der Waals surface area contributed by atoms with Crippen LogP contribution in [0.25, 0.3) is 0 Å². The van der Waals surface area contributed by atoms with Crippen LogP contribution in [0.5, 0.6) is 0 Å². The molecule has 5 heteroatoms. The average Bonchev–Trinajstić information content (AvgIpc) is 2.47. The van der Waals surface area contributed by atoms with Gasteiger partial charge < -0.3 is 10.5 Å². The van der Waals surface area contributed by atoms with E-state index in [1.54, 1.807) is 43.5 Å². The highest BCUT2D eigenvalue weighted by molar-refractivity contribution is 6.05. The van der Waals surface area contributed by atoms with Crippen molar-refractivity contribution >= 4 is 17.3 Å². The first-order valence-corrected chi connectivity index (χ1v) is 6.14. The summed E-state index contributed by atoms with van der Waals surface area (Å²) >= 11 is 0. The van der Waals surface area contributed by atoms with Crippen molar-refractivity contribution in [2.45, 2.75) is 13.8 Å². The van der Waals surface area contributed by atoms with Gasteiger partial charge in [0, 0.05) is 17.4 Å². The van der Waals surface area contributed by atoms with E-state index < -0.39 is 0 Å². The van der Waals surface area contributed by atoms with Crippen LogP contribution in [0.2, 0.25) is 0 Å². The molecule has 0 aliphatic heterocycles. The lowest BCUT2D eigenvalue weighted by atomic mass is 10.1. The Morgan fingerprint density at radius 2 is 2.10 bits per heavy atom. The molecule has 0 unspecified atom stereocenters. The zero-order chi connectivity index (χ0) is 14.5. The molecule has 5 nitrogen and oxygen atoms in total. The van der Waals surface area contributed by atoms with Gasteiger partial charge in [0.15, 0.2) is 0 Å². The second kappa shape index (κ2) is 5.97. The average molecular weight is 269 g/mol. The maximum absolute atomic E-state index is 12.1. The molecule has 1 aromatic carbocycles. The van der Waals surface area contributed by atoms with Gasteiger partial charge in [-0.05, 0) is 37.6 Å². The number of aryl methyl sites for hydroxylation is 1. The van der Waals surface area contributed by atoms with Crippen LogP contribution in [-0.2, 0) is 0 Å². The maximum atomic E-state index is 12.1. The number of anilines is 1. The zero-order valence-corrected chi connectivity index (χ0v) is 11.3. The summed E-state index contributed by atoms with van der Waals surface area (Å²) in [5, 5.41) is 14.7. The Morgan fingerprint density at radius 3 is 2.80 bits per heavy atom. The van der Waals surface area contributed by atoms with Crippen LogP contribution >= 0.6 is 0 Å². The highest BCUT2D eigenvalue weighted by Crippen LogP contribution is 2.13. The number of amides is 1. The Bertz CT molecular complexity index is 666. The molecule has 1 amide bonds. The molecule has 0 fully saturated rings. The van der Waals surface area contributed by atoms with Crippen molar-refractivity contribution in [1.29, 1.82) is 0 Å². The largest absolute Gasteiger partial charge is 0.411 e. The number of benzene rings is 1. The van der Waals surface area contributed by atoms with Crippen LogP contribution in [0.1, 0.15) is 28.5 Å². The molecule has 0 saturated heterocycles. The number of pyridine rings is 1. The van der Waals surface area contributed by atoms with Crippen molar-refractivity contribution in [3.8, 4) is 0 Å². The van der Waals surface area contributed by atoms with Gasteiger partial charge in [-0.25, -0.2) is 0 Å². The molecule has 0 aliphatic carbocycles. The predicted octanol–water partition coefficient (Wildman–Crippen LogP) is 2.84. The van der Waals surface area contributed by atoms with Crippen molar-refractivity contribution in [3.63, 3.8) is 0 Å². The Morgan fingerprint density at radius 1 is 1.30 bits per heavy atom. The van der Waals surface area contributed by atoms with Crippen molar-refractivity contribution in [2.75, 3.05) is 5.32 Å². The first-order chi connectivity index (χ1) is 9.61. The number of oxime groups is 1. The van der Waals surface area contributed by atoms with Crippen molar-refractivity contribution in [3.05, 3.63) is 59.4 Å². The highest BCUT2D eigenvalue weighted by Gasteiger charge is 2.10. The Kier molecular flexibility index (Phi) is 4.10. The van der Waals surface area contributed by atoms with E-state index in [1.807, 2.05) is 13.0 Å². The monoisotopic (exact) mass is 269 g/mol. The van der Waals surface area contributed by atoms with Crippen molar-refractivity contribution < 1.29 is 10.0 Å². The van der Waals surface area contributed by atoms with E-state index in [9.17, 15) is 4.79 Å². The minimum atomic E-state index is -0.265. The molecule has 1 heterocycles. The van der Waals surface area contributed by atoms with Gasteiger partial charge in [0.2, 0.25) is 0 Å². The first-order valence-electron chi connectivity index (χ1n) is 6.14. The summed E-state index contributed by atoms with van der Waals surface area (Å²) in [6, 6.07) is 10.7. The summed E-state index contributed by atoms with van der Waals surface area (Å²) in [5.41, 5.74) is 3.05. The number of carbonyl (C=O) groups excluding carboxylic acids is 1. The van der Waals surface area contributed by atoms with Crippen LogP contribution in [0, 0.1) is 6.92 Å². The number of nitrogens with one attached hydrogen (secondary N) is 1. The SMILES string of the molecule is CC(=NO)c1cccc(NC(=O)c2ncccc2C)c1. The van der Waals surface area contributed by atoms with E-state index >= 15 is 0 Å². The van der Waals surface area contributed by atoms with Gasteiger partial charge in [-0.3, -0.25) is 9.78 Å². The van der Waals surface area contributed by atoms with Crippen molar-refractivity contribution in [2.24, 2.45) is 5.16 Å². The highest BCUT2D eigenvalue weighted by atomic mass is 16.4. The quantitative estimate of drug-likeness (QED) is 0.511. The number of aromatic nitrogens is 1. The van der Waals surface area contributed by atoms with Gasteiger partial charge in [0.25, 0.3) is 5.91 Å². The van der Waals surface area contributed by atoms with E-state index in [0.717, 1.165) is 11.1 Å². The van der Waals surface area contributed by atoms with Crippen LogP contribution in [-0.4, -0.2) is 21.8 Å². The summed E-state index contributed by atoms with van der Waals surface area (Å²) < 4.78 is 0. The summed E-state index contributed by atoms with van der Waals surface area (Å²) in [7, 11) is 0. The molecule has 0 atom stereocenters. The smallest absolute Gasteiger partial charge is 0.274 e. The standard InChI is InChI=1S/C15H15N3O2/c1-10-5-4-8-16-14(10)15(19)17-13-7-3-6-12(9-13)11(2)18-20/h3-9,20H,1-2H3,(H,17,19). The van der Waals surface area contributed by atoms with Gasteiger partial charge >= 0.3 is 0 Å². The normalized spacial score (nSPS) is 11.2. The van der Waals surface area contributed by atoms with E-state index in [4.69, 9.17) is 5.21 Å². The molecular weight excluding hydrogens is 254 g/mol. The number of carbonyl (C=O) groups is 1. The number of nitrogens with zero attached hydrogens (tertiary/aromatic N) is 2. The molecule has 0 radical (unpaired) electrons. The lowest BCUT2D eigenvalue weighted by Crippen LogP contribution is -2.15. The summed E-state index contributed by atoms with van der Waals surface area (Å²) in [6.07, 6.45) is 1.58. The van der Waals surface area contributed by atoms with Gasteiger partial charge in [0.1, 0.15) is 5.69 Å². The topological polar surface area (TPSA) is 74.6 Å². The summed E-state index contributed by atoms with van der Waals surface area (Å²) in [5.74, 6) is -0.265. The predicted molar refractivity (Wildman–Crippen MR) is 77.4 cm³/mol. The molecule has 1 aromatic heterocycles. The maximum Gasteiger partial charge on any atom is 0.274 e. The van der Waals surface area contributed by atoms with E-state index in [1.165, 1.54) is 0 Å². The minimum Gasteiger partial charge on any atom is -0.411 e. The second-order valence-electron chi connectivity index (χ2n) is 4.39. The third-order valence-electron chi connectivity index (χ3n) is 2.91. The molecule has 0 bridgehead atoms. The van der Waals surface area contributed by atoms with Crippen LogP contribution in [0.15, 0.2) is 47.8 Å². The fourth-order valence-electron chi connectivity index (χ4n) is 1.79. The molecular formula is C15H15N3O2. The molecule has 102 valence electrons. The molecule has 2 aromatic rings. The molecule has 0 saturated carbocycles. The molecule has 2 N–H and O–H groups in total. The van der Waals surface area contributed by atoms with Crippen molar-refractivity contribution in [1.82, 2.24) is 4.98 Å². The molecule has 2 rings (SSSR count). The molecule has 20 heavy (non-hydrogen) atoms. The lowest BCUT2D eigenvalue weighted by Gasteiger charge is -2.08. The number of hydrogen-bond donors (Lipinski definition) is 2. The van der Waals surface area contributed by atoms with Crippen LogP contribution in [0.3, 0.4) is 0 Å². The lowest BCUT2D eigenvalue weighted by molar-refractivity contribution is 0.102. The van der Waals surface area contributed by atoms with E-state index in [0.29, 0.717) is 17.1 Å². The van der Waals surface area contributed by atoms with Gasteiger partial charge in [-0.2, -0.15) is 0 Å². The van der Waals surface area contributed by atoms with Gasteiger partial charge in [-0.1, -0.05) is 23.4 Å². The van der Waals surface area contributed by atoms with Crippen LogP contribution < -0.4 is 5.32 Å². The third-order valence-corrected chi connectivity index (χ3v) is 2.91. The van der Waals surface area contributed by atoms with E-state index in [-0.39, 0.29) is 5.91 Å². The number of rotatable bonds is 3. The fourth-order valence-corrected chi connectivity index (χ4v) is 1.79. The van der Waals surface area contributed by atoms with Gasteiger partial charge in [-0.15, -0.1) is 0 Å². The summed E-state index contributed by atoms with van der Waals surface area (Å²) in [4.78, 5) is 16.2. The zero-order valence-electron chi connectivity index (χ0n) is 11.3. The van der Waals surface area contributed by atoms with Crippen LogP contribution in [0.4, 0.5) is 5.69 Å². The summed E-state index contributed by atoms with van der Waals surface area (Å²) in [6.45, 7) is 3.52. The Hall–Kier alpha value is -2.69. The van der Waals surface area contributed by atoms with E-state index in [2.05, 4.69) is 15.5 Å². The third kappa shape index (κ3) is 3.00. The second-order valence-corrected chi connectivity index (χ2v) is 4.39. The minimum absolute atomic E-state index is 0.265. The first kappa shape index (κ1) is 13.7. The molecule has 0 aliphatic rings. The Labute approximate surface area is 117 Å². The Balaban J connectivity index is 2.23.